The third-order valence-corrected chi connectivity index (χ3v) is 9.12. The summed E-state index contributed by atoms with van der Waals surface area (Å²) in [4.78, 5) is 55.5. The average molecular weight is 621 g/mol. The lowest BCUT2D eigenvalue weighted by Crippen LogP contribution is -2.54. The summed E-state index contributed by atoms with van der Waals surface area (Å²) in [6.07, 6.45) is 5.53. The van der Waals surface area contributed by atoms with Gasteiger partial charge >= 0.3 is 12.1 Å². The lowest BCUT2D eigenvalue weighted by molar-refractivity contribution is -0.141. The molecular formula is C35H48N4O6. The van der Waals surface area contributed by atoms with Crippen LogP contribution in [0, 0.1) is 5.41 Å². The van der Waals surface area contributed by atoms with Crippen LogP contribution in [-0.4, -0.2) is 84.2 Å². The lowest BCUT2D eigenvalue weighted by Gasteiger charge is -2.42. The van der Waals surface area contributed by atoms with Crippen molar-refractivity contribution < 1.29 is 29.0 Å². The zero-order chi connectivity index (χ0) is 32.1. The molecule has 4 amide bonds. The van der Waals surface area contributed by atoms with E-state index in [1.807, 2.05) is 48.5 Å². The van der Waals surface area contributed by atoms with E-state index in [-0.39, 0.29) is 24.4 Å². The Kier molecular flexibility index (Phi) is 12.8. The van der Waals surface area contributed by atoms with Gasteiger partial charge in [-0.3, -0.25) is 14.5 Å². The number of ether oxygens (including phenoxy) is 1. The average Bonchev–Trinajstić information content (AvgIpc) is 3.06. The fourth-order valence-electron chi connectivity index (χ4n) is 6.60. The van der Waals surface area contributed by atoms with Gasteiger partial charge in [0.05, 0.1) is 19.3 Å². The van der Waals surface area contributed by atoms with Gasteiger partial charge in [-0.05, 0) is 62.0 Å². The van der Waals surface area contributed by atoms with Gasteiger partial charge in [0.2, 0.25) is 5.78 Å². The first-order valence-corrected chi connectivity index (χ1v) is 16.3. The number of benzene rings is 2. The minimum atomic E-state index is -1.20. The largest absolute Gasteiger partial charge is 0.465 e. The first-order valence-electron chi connectivity index (χ1n) is 16.3. The number of nitrogens with zero attached hydrogens (tertiary/aromatic N) is 2. The fourth-order valence-corrected chi connectivity index (χ4v) is 6.60. The number of carboxylic acid groups (broad SMARTS) is 1. The zero-order valence-electron chi connectivity index (χ0n) is 26.4. The van der Waals surface area contributed by atoms with Crippen LogP contribution in [0.5, 0.6) is 0 Å². The maximum absolute atomic E-state index is 13.8. The number of urea groups is 1. The highest BCUT2D eigenvalue weighted by molar-refractivity contribution is 6.38. The van der Waals surface area contributed by atoms with Crippen LogP contribution in [0.25, 0.3) is 0 Å². The Morgan fingerprint density at radius 1 is 0.933 bits per heavy atom. The van der Waals surface area contributed by atoms with E-state index in [0.29, 0.717) is 52.1 Å². The Hall–Kier alpha value is -3.92. The van der Waals surface area contributed by atoms with Crippen LogP contribution < -0.4 is 10.6 Å². The maximum Gasteiger partial charge on any atom is 0.407 e. The standard InChI is InChI=1S/C35H48N4O6/c1-27(29-15-7-3-8-16-29)37-32(41)31(40)30(17-9-12-20-36-33(42)38-21-23-45-24-22-38)39(34(43)44)26-35(18-10-4-11-19-35)25-28-13-5-2-6-14-28/h2-3,5-8,13-16,27,30H,4,9-12,17-26H2,1H3,(H,36,42)(H,37,41)(H,43,44)/t27-,30?/m1/s1. The molecule has 0 radical (unpaired) electrons. The van der Waals surface area contributed by atoms with Crippen molar-refractivity contribution in [3.63, 3.8) is 0 Å². The van der Waals surface area contributed by atoms with Gasteiger partial charge in [0.15, 0.2) is 0 Å². The van der Waals surface area contributed by atoms with Crippen molar-refractivity contribution in [2.24, 2.45) is 5.41 Å². The van der Waals surface area contributed by atoms with Gasteiger partial charge in [-0.15, -0.1) is 0 Å². The number of Topliss-reactive ketones (excluding diaryl/α,β-unsaturated/α-hetero) is 1. The van der Waals surface area contributed by atoms with Gasteiger partial charge < -0.3 is 25.4 Å². The summed E-state index contributed by atoms with van der Waals surface area (Å²) in [6.45, 7) is 4.48. The van der Waals surface area contributed by atoms with Crippen LogP contribution in [0.15, 0.2) is 60.7 Å². The lowest BCUT2D eigenvalue weighted by atomic mass is 9.69. The summed E-state index contributed by atoms with van der Waals surface area (Å²) in [5.41, 5.74) is 1.67. The van der Waals surface area contributed by atoms with E-state index in [0.717, 1.165) is 43.2 Å². The molecule has 10 nitrogen and oxygen atoms in total. The Morgan fingerprint density at radius 3 is 2.22 bits per heavy atom. The van der Waals surface area contributed by atoms with Gasteiger partial charge in [0, 0.05) is 26.2 Å². The molecule has 2 aromatic rings. The molecular weight excluding hydrogens is 572 g/mol. The maximum atomic E-state index is 13.8. The molecule has 2 aromatic carbocycles. The van der Waals surface area contributed by atoms with Crippen LogP contribution in [0.1, 0.15) is 75.5 Å². The van der Waals surface area contributed by atoms with Crippen LogP contribution in [0.2, 0.25) is 0 Å². The van der Waals surface area contributed by atoms with E-state index in [2.05, 4.69) is 22.8 Å². The molecule has 1 aliphatic carbocycles. The molecule has 0 spiro atoms. The summed E-state index contributed by atoms with van der Waals surface area (Å²) in [6, 6.07) is 17.7. The van der Waals surface area contributed by atoms with Gasteiger partial charge in [-0.25, -0.2) is 9.59 Å². The van der Waals surface area contributed by atoms with E-state index in [4.69, 9.17) is 4.74 Å². The molecule has 3 N–H and O–H groups in total. The minimum absolute atomic E-state index is 0.160. The van der Waals surface area contributed by atoms with Crippen molar-refractivity contribution in [2.75, 3.05) is 39.4 Å². The predicted octanol–water partition coefficient (Wildman–Crippen LogP) is 5.19. The number of hydrogen-bond donors (Lipinski definition) is 3. The number of hydrogen-bond acceptors (Lipinski definition) is 5. The van der Waals surface area contributed by atoms with Crippen LogP contribution >= 0.6 is 0 Å². The summed E-state index contributed by atoms with van der Waals surface area (Å²) < 4.78 is 5.31. The molecule has 1 heterocycles. The van der Waals surface area contributed by atoms with Crippen molar-refractivity contribution in [3.05, 3.63) is 71.8 Å². The molecule has 2 fully saturated rings. The number of amides is 4. The summed E-state index contributed by atoms with van der Waals surface area (Å²) >= 11 is 0. The second-order valence-corrected chi connectivity index (χ2v) is 12.4. The molecule has 2 atom stereocenters. The highest BCUT2D eigenvalue weighted by atomic mass is 16.5. The molecule has 10 heteroatoms. The smallest absolute Gasteiger partial charge is 0.407 e. The quantitative estimate of drug-likeness (QED) is 0.197. The first kappa shape index (κ1) is 34.0. The van der Waals surface area contributed by atoms with Crippen molar-refractivity contribution >= 4 is 23.8 Å². The Labute approximate surface area is 266 Å². The Balaban J connectivity index is 1.48. The van der Waals surface area contributed by atoms with E-state index in [1.165, 1.54) is 4.90 Å². The van der Waals surface area contributed by atoms with Gasteiger partial charge in [-0.2, -0.15) is 0 Å². The van der Waals surface area contributed by atoms with Crippen molar-refractivity contribution in [1.82, 2.24) is 20.4 Å². The number of nitrogens with one attached hydrogen (secondary N) is 2. The first-order chi connectivity index (χ1) is 21.8. The van der Waals surface area contributed by atoms with Crippen LogP contribution in [-0.2, 0) is 20.7 Å². The molecule has 0 aromatic heterocycles. The summed E-state index contributed by atoms with van der Waals surface area (Å²) in [5, 5.41) is 16.2. The van der Waals surface area contributed by atoms with Crippen molar-refractivity contribution in [3.8, 4) is 0 Å². The number of ketones is 1. The van der Waals surface area contributed by atoms with Gasteiger partial charge in [-0.1, -0.05) is 79.9 Å². The fraction of sp³-hybridized carbons (Fsp3) is 0.543. The summed E-state index contributed by atoms with van der Waals surface area (Å²) in [5.74, 6) is -1.54. The predicted molar refractivity (Wildman–Crippen MR) is 172 cm³/mol. The minimum Gasteiger partial charge on any atom is -0.465 e. The number of carbonyl (C=O) groups excluding carboxylic acids is 3. The molecule has 1 saturated heterocycles. The molecule has 1 unspecified atom stereocenters. The molecule has 1 aliphatic heterocycles. The van der Waals surface area contributed by atoms with E-state index in [9.17, 15) is 24.3 Å². The number of morpholine rings is 1. The van der Waals surface area contributed by atoms with E-state index in [1.54, 1.807) is 11.8 Å². The van der Waals surface area contributed by atoms with Crippen molar-refractivity contribution in [1.29, 1.82) is 0 Å². The number of unbranched alkanes of at least 4 members (excludes halogenated alkanes) is 1. The van der Waals surface area contributed by atoms with Crippen molar-refractivity contribution in [2.45, 2.75) is 76.8 Å². The van der Waals surface area contributed by atoms with Gasteiger partial charge in [0.25, 0.3) is 5.91 Å². The third kappa shape index (κ3) is 10.0. The molecule has 244 valence electrons. The highest BCUT2D eigenvalue weighted by Crippen LogP contribution is 2.41. The van der Waals surface area contributed by atoms with Crippen LogP contribution in [0.4, 0.5) is 9.59 Å². The monoisotopic (exact) mass is 620 g/mol. The third-order valence-electron chi connectivity index (χ3n) is 9.12. The van der Waals surface area contributed by atoms with E-state index >= 15 is 0 Å². The van der Waals surface area contributed by atoms with Crippen LogP contribution in [0.3, 0.4) is 0 Å². The molecule has 0 bridgehead atoms. The van der Waals surface area contributed by atoms with Gasteiger partial charge in [0.1, 0.15) is 6.04 Å². The Bertz CT molecular complexity index is 1250. The topological polar surface area (TPSA) is 128 Å². The zero-order valence-corrected chi connectivity index (χ0v) is 26.4. The molecule has 45 heavy (non-hydrogen) atoms. The summed E-state index contributed by atoms with van der Waals surface area (Å²) in [7, 11) is 0. The molecule has 1 saturated carbocycles. The SMILES string of the molecule is C[C@@H](NC(=O)C(=O)C(CCCCNC(=O)N1CCOCC1)N(CC1(Cc2ccccc2)CCCCC1)C(=O)O)c1ccccc1. The second-order valence-electron chi connectivity index (χ2n) is 12.4. The second kappa shape index (κ2) is 17.0. The normalized spacial score (nSPS) is 17.5. The molecule has 2 aliphatic rings. The highest BCUT2D eigenvalue weighted by Gasteiger charge is 2.41. The Morgan fingerprint density at radius 2 is 1.58 bits per heavy atom. The number of rotatable bonds is 14. The van der Waals surface area contributed by atoms with E-state index < -0.39 is 29.9 Å². The number of carbonyl (C=O) groups is 4. The molecule has 4 rings (SSSR count).